The molecule has 6 nitrogen and oxygen atoms in total. The number of carbonyl (C=O) groups excluding carboxylic acids is 1. The molecule has 0 aliphatic carbocycles. The monoisotopic (exact) mass is 390 g/mol. The van der Waals surface area contributed by atoms with Gasteiger partial charge in [-0.05, 0) is 50.1 Å². The maximum atomic E-state index is 12.3. The van der Waals surface area contributed by atoms with Gasteiger partial charge in [0.05, 0.1) is 12.1 Å². The van der Waals surface area contributed by atoms with Crippen LogP contribution in [0.15, 0.2) is 42.5 Å². The maximum absolute atomic E-state index is 12.3. The van der Waals surface area contributed by atoms with E-state index in [2.05, 4.69) is 51.8 Å². The minimum Gasteiger partial charge on any atom is -0.460 e. The molecule has 4 rings (SSSR count). The molecule has 1 aliphatic heterocycles. The fourth-order valence-electron chi connectivity index (χ4n) is 3.83. The Balaban J connectivity index is 1.62. The van der Waals surface area contributed by atoms with Crippen molar-refractivity contribution in [2.24, 2.45) is 0 Å². The first-order chi connectivity index (χ1) is 14.1. The van der Waals surface area contributed by atoms with Crippen LogP contribution in [0.3, 0.4) is 0 Å². The van der Waals surface area contributed by atoms with Crippen molar-refractivity contribution in [2.45, 2.75) is 20.8 Å². The Bertz CT molecular complexity index is 1040. The fourth-order valence-corrected chi connectivity index (χ4v) is 3.83. The largest absolute Gasteiger partial charge is 0.460 e. The molecule has 1 aliphatic rings. The molecule has 0 bridgehead atoms. The molecule has 1 aromatic heterocycles. The van der Waals surface area contributed by atoms with Gasteiger partial charge in [0.2, 0.25) is 5.82 Å². The number of nitrogens with zero attached hydrogens (tertiary/aromatic N) is 4. The van der Waals surface area contributed by atoms with E-state index in [1.807, 2.05) is 24.3 Å². The molecule has 29 heavy (non-hydrogen) atoms. The van der Waals surface area contributed by atoms with Gasteiger partial charge in [-0.2, -0.15) is 0 Å². The summed E-state index contributed by atoms with van der Waals surface area (Å²) >= 11 is 0. The predicted octanol–water partition coefficient (Wildman–Crippen LogP) is 3.75. The van der Waals surface area contributed by atoms with E-state index in [-0.39, 0.29) is 5.82 Å². The van der Waals surface area contributed by atoms with Crippen molar-refractivity contribution in [2.75, 3.05) is 42.6 Å². The SMILES string of the molecule is CCOC(=O)c1nc(N2CCN(c3cccc(C)c3C)CC2)c2ccccc2n1. The molecule has 2 aromatic carbocycles. The summed E-state index contributed by atoms with van der Waals surface area (Å²) < 4.78 is 5.13. The lowest BCUT2D eigenvalue weighted by atomic mass is 10.1. The molecule has 0 spiro atoms. The number of aryl methyl sites for hydroxylation is 1. The van der Waals surface area contributed by atoms with E-state index in [0.29, 0.717) is 6.61 Å². The number of rotatable bonds is 4. The van der Waals surface area contributed by atoms with Crippen LogP contribution in [-0.4, -0.2) is 48.7 Å². The van der Waals surface area contributed by atoms with Crippen molar-refractivity contribution >= 4 is 28.4 Å². The lowest BCUT2D eigenvalue weighted by Crippen LogP contribution is -2.47. The summed E-state index contributed by atoms with van der Waals surface area (Å²) in [5, 5.41) is 0.959. The van der Waals surface area contributed by atoms with Gasteiger partial charge in [0.25, 0.3) is 0 Å². The zero-order valence-electron chi connectivity index (χ0n) is 17.2. The summed E-state index contributed by atoms with van der Waals surface area (Å²) in [6.45, 7) is 9.88. The first-order valence-corrected chi connectivity index (χ1v) is 10.1. The first kappa shape index (κ1) is 19.2. The van der Waals surface area contributed by atoms with Gasteiger partial charge in [-0.1, -0.05) is 24.3 Å². The number of fused-ring (bicyclic) bond motifs is 1. The number of hydrogen-bond donors (Lipinski definition) is 0. The van der Waals surface area contributed by atoms with Crippen molar-refractivity contribution in [3.8, 4) is 0 Å². The Morgan fingerprint density at radius 3 is 2.45 bits per heavy atom. The lowest BCUT2D eigenvalue weighted by molar-refractivity contribution is 0.0512. The number of benzene rings is 2. The summed E-state index contributed by atoms with van der Waals surface area (Å²) in [6.07, 6.45) is 0. The van der Waals surface area contributed by atoms with Crippen LogP contribution < -0.4 is 9.80 Å². The molecular weight excluding hydrogens is 364 g/mol. The van der Waals surface area contributed by atoms with Crippen LogP contribution in [0.2, 0.25) is 0 Å². The normalized spacial score (nSPS) is 14.3. The van der Waals surface area contributed by atoms with Crippen LogP contribution >= 0.6 is 0 Å². The maximum Gasteiger partial charge on any atom is 0.376 e. The Labute approximate surface area is 171 Å². The molecule has 1 fully saturated rings. The lowest BCUT2D eigenvalue weighted by Gasteiger charge is -2.38. The summed E-state index contributed by atoms with van der Waals surface area (Å²) in [7, 11) is 0. The van der Waals surface area contributed by atoms with Crippen molar-refractivity contribution in [3.63, 3.8) is 0 Å². The molecule has 0 unspecified atom stereocenters. The van der Waals surface area contributed by atoms with Gasteiger partial charge in [-0.3, -0.25) is 0 Å². The number of esters is 1. The average molecular weight is 390 g/mol. The van der Waals surface area contributed by atoms with E-state index >= 15 is 0 Å². The van der Waals surface area contributed by atoms with Crippen molar-refractivity contribution < 1.29 is 9.53 Å². The van der Waals surface area contributed by atoms with Gasteiger partial charge in [0, 0.05) is 37.3 Å². The molecule has 0 saturated carbocycles. The van der Waals surface area contributed by atoms with Gasteiger partial charge in [0.1, 0.15) is 5.82 Å². The number of anilines is 2. The van der Waals surface area contributed by atoms with Gasteiger partial charge in [-0.15, -0.1) is 0 Å². The number of carbonyl (C=O) groups is 1. The van der Waals surface area contributed by atoms with E-state index in [4.69, 9.17) is 4.74 Å². The molecule has 0 radical (unpaired) electrons. The molecule has 0 atom stereocenters. The average Bonchev–Trinajstić information content (AvgIpc) is 2.75. The van der Waals surface area contributed by atoms with Crippen molar-refractivity contribution in [1.82, 2.24) is 9.97 Å². The van der Waals surface area contributed by atoms with E-state index in [0.717, 1.165) is 42.9 Å². The van der Waals surface area contributed by atoms with Crippen LogP contribution in [0.5, 0.6) is 0 Å². The number of piperazine rings is 1. The summed E-state index contributed by atoms with van der Waals surface area (Å²) in [4.78, 5) is 25.9. The first-order valence-electron chi connectivity index (χ1n) is 10.1. The highest BCUT2D eigenvalue weighted by molar-refractivity contribution is 5.94. The highest BCUT2D eigenvalue weighted by atomic mass is 16.5. The third-order valence-corrected chi connectivity index (χ3v) is 5.54. The number of ether oxygens (including phenoxy) is 1. The third-order valence-electron chi connectivity index (χ3n) is 5.54. The molecule has 6 heteroatoms. The van der Waals surface area contributed by atoms with Crippen LogP contribution in [0.25, 0.3) is 10.9 Å². The van der Waals surface area contributed by atoms with E-state index in [1.54, 1.807) is 6.92 Å². The summed E-state index contributed by atoms with van der Waals surface area (Å²) in [5.74, 6) is 0.449. The molecule has 0 amide bonds. The Kier molecular flexibility index (Phi) is 5.34. The number of aromatic nitrogens is 2. The second kappa shape index (κ2) is 8.07. The number of hydrogen-bond acceptors (Lipinski definition) is 6. The minimum atomic E-state index is -0.478. The molecule has 0 N–H and O–H groups in total. The van der Waals surface area contributed by atoms with E-state index < -0.39 is 5.97 Å². The Hall–Kier alpha value is -3.15. The highest BCUT2D eigenvalue weighted by Gasteiger charge is 2.23. The zero-order valence-corrected chi connectivity index (χ0v) is 17.2. The van der Waals surface area contributed by atoms with Crippen LogP contribution in [0.1, 0.15) is 28.7 Å². The van der Waals surface area contributed by atoms with Crippen LogP contribution in [-0.2, 0) is 4.74 Å². The third kappa shape index (κ3) is 3.75. The molecular formula is C23H26N4O2. The molecule has 1 saturated heterocycles. The van der Waals surface area contributed by atoms with E-state index in [9.17, 15) is 4.79 Å². The Morgan fingerprint density at radius 2 is 1.69 bits per heavy atom. The van der Waals surface area contributed by atoms with Crippen molar-refractivity contribution in [1.29, 1.82) is 0 Å². The summed E-state index contributed by atoms with van der Waals surface area (Å²) in [5.41, 5.74) is 4.70. The van der Waals surface area contributed by atoms with Crippen molar-refractivity contribution in [3.05, 3.63) is 59.4 Å². The minimum absolute atomic E-state index is 0.123. The Morgan fingerprint density at radius 1 is 0.966 bits per heavy atom. The quantitative estimate of drug-likeness (QED) is 0.633. The smallest absolute Gasteiger partial charge is 0.376 e. The van der Waals surface area contributed by atoms with Gasteiger partial charge < -0.3 is 14.5 Å². The molecule has 150 valence electrons. The van der Waals surface area contributed by atoms with Gasteiger partial charge in [0.15, 0.2) is 0 Å². The standard InChI is InChI=1S/C23H26N4O2/c1-4-29-23(28)21-24-19-10-6-5-9-18(19)22(25-21)27-14-12-26(13-15-27)20-11-7-8-16(2)17(20)3/h5-11H,4,12-15H2,1-3H3. The fraction of sp³-hybridized carbons (Fsp3) is 0.348. The van der Waals surface area contributed by atoms with Gasteiger partial charge >= 0.3 is 5.97 Å². The molecule has 3 aromatic rings. The highest BCUT2D eigenvalue weighted by Crippen LogP contribution is 2.28. The van der Waals surface area contributed by atoms with Gasteiger partial charge in [-0.25, -0.2) is 14.8 Å². The topological polar surface area (TPSA) is 58.6 Å². The van der Waals surface area contributed by atoms with Crippen LogP contribution in [0.4, 0.5) is 11.5 Å². The zero-order chi connectivity index (χ0) is 20.4. The predicted molar refractivity (Wildman–Crippen MR) is 116 cm³/mol. The second-order valence-electron chi connectivity index (χ2n) is 7.30. The number of para-hydroxylation sites is 1. The van der Waals surface area contributed by atoms with E-state index in [1.165, 1.54) is 16.8 Å². The van der Waals surface area contributed by atoms with Crippen LogP contribution in [0, 0.1) is 13.8 Å². The second-order valence-corrected chi connectivity index (χ2v) is 7.30. The summed E-state index contributed by atoms with van der Waals surface area (Å²) in [6, 6.07) is 14.3. The molecule has 2 heterocycles.